The summed E-state index contributed by atoms with van der Waals surface area (Å²) in [6.07, 6.45) is 1.96. The van der Waals surface area contributed by atoms with Crippen molar-refractivity contribution in [3.63, 3.8) is 0 Å². The Labute approximate surface area is 202 Å². The van der Waals surface area contributed by atoms with Gasteiger partial charge in [-0.2, -0.15) is 0 Å². The molecule has 34 heavy (non-hydrogen) atoms. The van der Waals surface area contributed by atoms with Crippen molar-refractivity contribution < 1.29 is 27.5 Å². The van der Waals surface area contributed by atoms with Crippen LogP contribution in [0.15, 0.2) is 65.6 Å². The van der Waals surface area contributed by atoms with Crippen LogP contribution in [0, 0.1) is 6.92 Å². The van der Waals surface area contributed by atoms with E-state index in [0.717, 1.165) is 16.0 Å². The van der Waals surface area contributed by atoms with Crippen molar-refractivity contribution in [3.05, 3.63) is 71.8 Å². The van der Waals surface area contributed by atoms with Crippen molar-refractivity contribution in [1.82, 2.24) is 4.90 Å². The molecule has 7 nitrogen and oxygen atoms in total. The summed E-state index contributed by atoms with van der Waals surface area (Å²) in [6, 6.07) is 15.3. The van der Waals surface area contributed by atoms with Gasteiger partial charge in [-0.3, -0.25) is 4.90 Å². The van der Waals surface area contributed by atoms with Gasteiger partial charge in [0, 0.05) is 13.5 Å². The van der Waals surface area contributed by atoms with E-state index < -0.39 is 32.4 Å². The standard InChI is InChI=1S/C26H33NO6S/c1-7-32-23(28)26(27(6)24(29)33-25(3,4)5,19-11-14-21-12-9-8-10-13-21)34(30,31)22-17-15-20(2)16-18-22/h8-18H,7,19H2,1-6H3/b14-11+. The molecule has 1 unspecified atom stereocenters. The predicted molar refractivity (Wildman–Crippen MR) is 132 cm³/mol. The van der Waals surface area contributed by atoms with Crippen molar-refractivity contribution in [1.29, 1.82) is 0 Å². The van der Waals surface area contributed by atoms with Gasteiger partial charge in [0.25, 0.3) is 4.87 Å². The Balaban J connectivity index is 2.71. The molecule has 0 heterocycles. The number of sulfone groups is 1. The number of rotatable bonds is 8. The third-order valence-electron chi connectivity index (χ3n) is 5.08. The molecule has 1 atom stereocenters. The number of aryl methyl sites for hydroxylation is 1. The number of esters is 1. The van der Waals surface area contributed by atoms with E-state index in [9.17, 15) is 18.0 Å². The number of likely N-dealkylation sites (N-methyl/N-ethyl adjacent to an activating group) is 1. The van der Waals surface area contributed by atoms with Crippen molar-refractivity contribution in [2.24, 2.45) is 0 Å². The Hall–Kier alpha value is -3.13. The molecule has 2 aromatic rings. The number of carbonyl (C=O) groups is 2. The highest BCUT2D eigenvalue weighted by atomic mass is 32.2. The zero-order valence-electron chi connectivity index (χ0n) is 20.6. The highest BCUT2D eigenvalue weighted by Crippen LogP contribution is 2.35. The smallest absolute Gasteiger partial charge is 0.411 e. The van der Waals surface area contributed by atoms with Crippen molar-refractivity contribution >= 4 is 28.0 Å². The maximum atomic E-state index is 14.1. The van der Waals surface area contributed by atoms with E-state index in [1.807, 2.05) is 37.3 Å². The first-order valence-corrected chi connectivity index (χ1v) is 12.5. The van der Waals surface area contributed by atoms with Crippen molar-refractivity contribution in [2.75, 3.05) is 13.7 Å². The largest absolute Gasteiger partial charge is 0.463 e. The number of ether oxygens (including phenoxy) is 2. The zero-order valence-corrected chi connectivity index (χ0v) is 21.4. The van der Waals surface area contributed by atoms with E-state index in [1.54, 1.807) is 52.0 Å². The molecule has 8 heteroatoms. The maximum Gasteiger partial charge on any atom is 0.411 e. The Morgan fingerprint density at radius 1 is 1.00 bits per heavy atom. The van der Waals surface area contributed by atoms with Gasteiger partial charge in [-0.15, -0.1) is 0 Å². The fourth-order valence-electron chi connectivity index (χ4n) is 3.31. The van der Waals surface area contributed by atoms with E-state index in [0.29, 0.717) is 0 Å². The Morgan fingerprint density at radius 2 is 1.59 bits per heavy atom. The number of nitrogens with zero attached hydrogens (tertiary/aromatic N) is 1. The average Bonchev–Trinajstić information content (AvgIpc) is 2.76. The fraction of sp³-hybridized carbons (Fsp3) is 0.385. The highest BCUT2D eigenvalue weighted by Gasteiger charge is 2.58. The summed E-state index contributed by atoms with van der Waals surface area (Å²) in [4.78, 5) is 24.9. The lowest BCUT2D eigenvalue weighted by molar-refractivity contribution is -0.151. The van der Waals surface area contributed by atoms with Gasteiger partial charge in [-0.05, 0) is 52.3 Å². The highest BCUT2D eigenvalue weighted by molar-refractivity contribution is 7.93. The number of carbonyl (C=O) groups excluding carboxylic acids is 2. The second-order valence-electron chi connectivity index (χ2n) is 8.88. The lowest BCUT2D eigenvalue weighted by atomic mass is 10.1. The summed E-state index contributed by atoms with van der Waals surface area (Å²) >= 11 is 0. The number of hydrogen-bond acceptors (Lipinski definition) is 6. The molecule has 2 aromatic carbocycles. The first-order valence-electron chi connectivity index (χ1n) is 11.0. The molecule has 0 N–H and O–H groups in total. The van der Waals surface area contributed by atoms with Crippen LogP contribution in [0.5, 0.6) is 0 Å². The summed E-state index contributed by atoms with van der Waals surface area (Å²) in [7, 11) is -3.21. The van der Waals surface area contributed by atoms with Crippen LogP contribution in [0.1, 0.15) is 45.2 Å². The summed E-state index contributed by atoms with van der Waals surface area (Å²) < 4.78 is 38.8. The van der Waals surface area contributed by atoms with Crippen LogP contribution >= 0.6 is 0 Å². The van der Waals surface area contributed by atoms with Crippen LogP contribution in [-0.4, -0.2) is 49.5 Å². The summed E-state index contributed by atoms with van der Waals surface area (Å²) in [5, 5.41) is 0. The molecule has 0 aliphatic rings. The first-order chi connectivity index (χ1) is 15.8. The quantitative estimate of drug-likeness (QED) is 0.487. The molecule has 0 aromatic heterocycles. The van der Waals surface area contributed by atoms with Crippen LogP contribution in [0.3, 0.4) is 0 Å². The zero-order chi connectivity index (χ0) is 25.6. The Morgan fingerprint density at radius 3 is 2.12 bits per heavy atom. The Kier molecular flexibility index (Phi) is 8.66. The molecule has 0 spiro atoms. The molecular weight excluding hydrogens is 454 g/mol. The van der Waals surface area contributed by atoms with E-state index in [1.165, 1.54) is 19.2 Å². The SMILES string of the molecule is CCOC(=O)C(C/C=C/c1ccccc1)(N(C)C(=O)OC(C)(C)C)S(=O)(=O)c1ccc(C)cc1. The van der Waals surface area contributed by atoms with Gasteiger partial charge in [-0.25, -0.2) is 18.0 Å². The topological polar surface area (TPSA) is 90.0 Å². The second-order valence-corrected chi connectivity index (χ2v) is 11.0. The van der Waals surface area contributed by atoms with Crippen molar-refractivity contribution in [2.45, 2.75) is 56.4 Å². The van der Waals surface area contributed by atoms with E-state index in [2.05, 4.69) is 0 Å². The molecule has 0 saturated heterocycles. The number of hydrogen-bond donors (Lipinski definition) is 0. The maximum absolute atomic E-state index is 14.1. The third kappa shape index (κ3) is 6.05. The first kappa shape index (κ1) is 27.1. The number of amides is 1. The van der Waals surface area contributed by atoms with Crippen LogP contribution in [0.2, 0.25) is 0 Å². The fourth-order valence-corrected chi connectivity index (χ4v) is 5.22. The van der Waals surface area contributed by atoms with Gasteiger partial charge in [0.05, 0.1) is 11.5 Å². The van der Waals surface area contributed by atoms with Gasteiger partial charge in [0.15, 0.2) is 0 Å². The van der Waals surface area contributed by atoms with Gasteiger partial charge in [0.1, 0.15) is 5.60 Å². The normalized spacial score (nSPS) is 13.8. The van der Waals surface area contributed by atoms with Crippen LogP contribution < -0.4 is 0 Å². The van der Waals surface area contributed by atoms with Crippen molar-refractivity contribution in [3.8, 4) is 0 Å². The summed E-state index contributed by atoms with van der Waals surface area (Å²) in [5.74, 6) is -1.05. The van der Waals surface area contributed by atoms with Crippen LogP contribution in [0.25, 0.3) is 6.08 Å². The molecular formula is C26H33NO6S. The van der Waals surface area contributed by atoms with Gasteiger partial charge in [-0.1, -0.05) is 60.2 Å². The molecule has 2 rings (SSSR count). The van der Waals surface area contributed by atoms with Gasteiger partial charge in [0.2, 0.25) is 9.84 Å². The van der Waals surface area contributed by atoms with Gasteiger partial charge < -0.3 is 9.47 Å². The van der Waals surface area contributed by atoms with E-state index in [-0.39, 0.29) is 17.9 Å². The van der Waals surface area contributed by atoms with E-state index >= 15 is 0 Å². The minimum Gasteiger partial charge on any atom is -0.463 e. The van der Waals surface area contributed by atoms with Crippen LogP contribution in [0.4, 0.5) is 4.79 Å². The molecule has 0 bridgehead atoms. The molecule has 0 fully saturated rings. The average molecular weight is 488 g/mol. The molecule has 0 radical (unpaired) electrons. The van der Waals surface area contributed by atoms with E-state index in [4.69, 9.17) is 9.47 Å². The summed E-state index contributed by atoms with van der Waals surface area (Å²) in [5.41, 5.74) is 0.761. The molecule has 1 amide bonds. The Bertz CT molecular complexity index is 1120. The molecule has 0 aliphatic heterocycles. The monoisotopic (exact) mass is 487 g/mol. The molecule has 184 valence electrons. The lowest BCUT2D eigenvalue weighted by Gasteiger charge is -2.38. The molecule has 0 aliphatic carbocycles. The van der Waals surface area contributed by atoms with Crippen LogP contribution in [-0.2, 0) is 24.1 Å². The van der Waals surface area contributed by atoms with Gasteiger partial charge >= 0.3 is 12.1 Å². The minimum absolute atomic E-state index is 0.0610. The molecule has 0 saturated carbocycles. The third-order valence-corrected chi connectivity index (χ3v) is 7.47. The summed E-state index contributed by atoms with van der Waals surface area (Å²) in [6.45, 7) is 8.32. The lowest BCUT2D eigenvalue weighted by Crippen LogP contribution is -2.61. The minimum atomic E-state index is -4.46. The predicted octanol–water partition coefficient (Wildman–Crippen LogP) is 5.00. The second kappa shape index (κ2) is 10.9. The number of benzene rings is 2.